The van der Waals surface area contributed by atoms with Crippen molar-refractivity contribution in [1.29, 1.82) is 5.26 Å². The number of piperazine rings is 1. The summed E-state index contributed by atoms with van der Waals surface area (Å²) in [6.45, 7) is 12.7. The first-order chi connectivity index (χ1) is 27.5. The first kappa shape index (κ1) is 39.9. The highest BCUT2D eigenvalue weighted by molar-refractivity contribution is 7.23. The molecule has 308 valence electrons. The lowest BCUT2D eigenvalue weighted by atomic mass is 9.90. The predicted octanol–water partition coefficient (Wildman–Crippen LogP) is 8.05. The highest BCUT2D eigenvalue weighted by Crippen LogP contribution is 2.49. The second-order valence-electron chi connectivity index (χ2n) is 17.2. The second kappa shape index (κ2) is 15.0. The minimum Gasteiger partial charge on any atom is -0.462 e. The van der Waals surface area contributed by atoms with Gasteiger partial charge in [0.1, 0.15) is 52.2 Å². The molecule has 4 aliphatic heterocycles. The first-order valence-electron chi connectivity index (χ1n) is 19.5. The summed E-state index contributed by atoms with van der Waals surface area (Å²) in [6.07, 6.45) is -0.188. The van der Waals surface area contributed by atoms with E-state index in [1.165, 1.54) is 12.1 Å². The van der Waals surface area contributed by atoms with Gasteiger partial charge in [0.2, 0.25) is 0 Å². The van der Waals surface area contributed by atoms with Crippen molar-refractivity contribution < 1.29 is 41.7 Å². The van der Waals surface area contributed by atoms with Crippen molar-refractivity contribution in [2.45, 2.75) is 103 Å². The fourth-order valence-corrected chi connectivity index (χ4v) is 9.53. The van der Waals surface area contributed by atoms with Gasteiger partial charge in [0, 0.05) is 66.0 Å². The number of ether oxygens (including phenoxy) is 4. The van der Waals surface area contributed by atoms with Gasteiger partial charge in [-0.1, -0.05) is 0 Å². The molecular weight excluding hydrogens is 776 g/mol. The normalized spacial score (nSPS) is 20.8. The molecule has 4 aromatic rings. The quantitative estimate of drug-likeness (QED) is 0.194. The van der Waals surface area contributed by atoms with E-state index < -0.39 is 41.2 Å². The summed E-state index contributed by atoms with van der Waals surface area (Å²) in [7, 11) is 0. The number of alkyl halides is 1. The van der Waals surface area contributed by atoms with Crippen molar-refractivity contribution in [3.05, 3.63) is 40.5 Å². The molecule has 8 rings (SSSR count). The van der Waals surface area contributed by atoms with E-state index in [0.717, 1.165) is 24.2 Å². The molecule has 3 saturated heterocycles. The fourth-order valence-electron chi connectivity index (χ4n) is 8.48. The summed E-state index contributed by atoms with van der Waals surface area (Å²) in [5.41, 5.74) is -0.957. The number of benzene rings is 2. The first-order valence-corrected chi connectivity index (χ1v) is 20.3. The van der Waals surface area contributed by atoms with Crippen molar-refractivity contribution in [3.63, 3.8) is 0 Å². The van der Waals surface area contributed by atoms with Crippen LogP contribution in [0.4, 0.5) is 33.6 Å². The average molecular weight is 822 g/mol. The van der Waals surface area contributed by atoms with E-state index in [0.29, 0.717) is 66.2 Å². The van der Waals surface area contributed by atoms with E-state index in [4.69, 9.17) is 23.9 Å². The van der Waals surface area contributed by atoms with E-state index in [1.807, 2.05) is 25.7 Å². The number of halogens is 3. The number of nitrogens with one attached hydrogen (secondary N) is 1. The number of anilines is 2. The van der Waals surface area contributed by atoms with E-state index in [2.05, 4.69) is 21.3 Å². The molecule has 0 radical (unpaired) electrons. The van der Waals surface area contributed by atoms with Crippen LogP contribution in [-0.2, 0) is 27.4 Å². The third-order valence-electron chi connectivity index (χ3n) is 10.8. The molecule has 2 unspecified atom stereocenters. The number of nitrogens with zero attached hydrogens (tertiary/aromatic N) is 6. The summed E-state index contributed by atoms with van der Waals surface area (Å²) in [4.78, 5) is 41.3. The lowest BCUT2D eigenvalue weighted by Gasteiger charge is -2.42. The molecule has 2 aromatic heterocycles. The summed E-state index contributed by atoms with van der Waals surface area (Å²) in [5, 5.41) is 13.7. The minimum absolute atomic E-state index is 0.0446. The van der Waals surface area contributed by atoms with Crippen LogP contribution in [-0.4, -0.2) is 101 Å². The second-order valence-corrected chi connectivity index (χ2v) is 18.3. The lowest BCUT2D eigenvalue weighted by Crippen LogP contribution is -2.56. The van der Waals surface area contributed by atoms with Gasteiger partial charge >= 0.3 is 18.2 Å². The van der Waals surface area contributed by atoms with Crippen LogP contribution in [0.25, 0.3) is 32.1 Å². The zero-order valence-electron chi connectivity index (χ0n) is 33.3. The lowest BCUT2D eigenvalue weighted by molar-refractivity contribution is 0.0209. The minimum atomic E-state index is -0.908. The Balaban J connectivity index is 1.27. The van der Waals surface area contributed by atoms with Gasteiger partial charge in [-0.05, 0) is 84.1 Å². The standard InChI is InChI=1S/C41H46F3N7O6S/c1-40(2,3)56-38(52)48-36-24(15-45)29-28(58-36)10-9-27(43)32(29)30-25-19-54-20-26(25)31-34(33(30)44)46-37(55-14-13-49-12-11-21(42)16-49)47-35(31)51-22-7-8-23(51)18-50(17-22)39(53)57-41(4,5)6/h9-10,21-23H,7-8,11-14,16-20H2,1-6H3,(H,48,52)/t21-,22?,23?/m0/s1. The summed E-state index contributed by atoms with van der Waals surface area (Å²) < 4.78 is 71.8. The van der Waals surface area contributed by atoms with Crippen molar-refractivity contribution in [3.8, 4) is 23.2 Å². The van der Waals surface area contributed by atoms with Crippen LogP contribution >= 0.6 is 11.3 Å². The molecule has 0 spiro atoms. The maximum Gasteiger partial charge on any atom is 0.412 e. The van der Waals surface area contributed by atoms with Crippen LogP contribution in [0.15, 0.2) is 12.1 Å². The van der Waals surface area contributed by atoms with Crippen molar-refractivity contribution >= 4 is 55.3 Å². The van der Waals surface area contributed by atoms with Gasteiger partial charge < -0.3 is 28.7 Å². The number of likely N-dealkylation sites (tertiary alicyclic amines) is 2. The summed E-state index contributed by atoms with van der Waals surface area (Å²) in [6, 6.07) is 4.32. The number of aromatic nitrogens is 2. The maximum atomic E-state index is 17.8. The Morgan fingerprint density at radius 1 is 0.966 bits per heavy atom. The predicted molar refractivity (Wildman–Crippen MR) is 212 cm³/mol. The van der Waals surface area contributed by atoms with Crippen molar-refractivity contribution in [2.75, 3.05) is 49.5 Å². The van der Waals surface area contributed by atoms with Gasteiger partial charge in [0.25, 0.3) is 0 Å². The molecule has 2 bridgehead atoms. The monoisotopic (exact) mass is 821 g/mol. The molecule has 58 heavy (non-hydrogen) atoms. The van der Waals surface area contributed by atoms with Crippen molar-refractivity contribution in [2.24, 2.45) is 0 Å². The van der Waals surface area contributed by atoms with Gasteiger partial charge in [-0.3, -0.25) is 10.2 Å². The number of rotatable bonds is 7. The van der Waals surface area contributed by atoms with Gasteiger partial charge in [-0.15, -0.1) is 11.3 Å². The molecular formula is C41H46F3N7O6S. The van der Waals surface area contributed by atoms with E-state index in [1.54, 1.807) is 25.7 Å². The SMILES string of the molecule is CC(C)(C)OC(=O)Nc1sc2ccc(F)c(-c3c4c(c5c(N6C7CCC6CN(C(=O)OC(C)(C)C)C7)nc(OCCN6CC[C@H](F)C6)nc5c3F)COC4)c2c1C#N. The number of carbonyl (C=O) groups excluding carboxylic acids is 2. The molecule has 0 saturated carbocycles. The zero-order chi connectivity index (χ0) is 41.3. The maximum absolute atomic E-state index is 17.8. The Morgan fingerprint density at radius 2 is 1.67 bits per heavy atom. The Labute approximate surface area is 338 Å². The molecule has 0 aliphatic carbocycles. The van der Waals surface area contributed by atoms with Crippen LogP contribution in [0.5, 0.6) is 6.01 Å². The fraction of sp³-hybridized carbons (Fsp3) is 0.537. The van der Waals surface area contributed by atoms with Crippen LogP contribution in [0.2, 0.25) is 0 Å². The molecule has 17 heteroatoms. The summed E-state index contributed by atoms with van der Waals surface area (Å²) >= 11 is 1.05. The number of fused-ring (bicyclic) bond motifs is 6. The Hall–Kier alpha value is -4.92. The molecule has 6 heterocycles. The van der Waals surface area contributed by atoms with Gasteiger partial charge in [-0.25, -0.2) is 22.8 Å². The number of hydrogen-bond acceptors (Lipinski definition) is 12. The topological polar surface area (TPSA) is 142 Å². The third-order valence-corrected chi connectivity index (χ3v) is 11.8. The molecule has 1 N–H and O–H groups in total. The largest absolute Gasteiger partial charge is 0.462 e. The van der Waals surface area contributed by atoms with E-state index in [-0.39, 0.29) is 70.5 Å². The Morgan fingerprint density at radius 3 is 2.33 bits per heavy atom. The van der Waals surface area contributed by atoms with Crippen LogP contribution < -0.4 is 15.0 Å². The van der Waals surface area contributed by atoms with E-state index in [9.17, 15) is 19.2 Å². The van der Waals surface area contributed by atoms with E-state index >= 15 is 8.78 Å². The van der Waals surface area contributed by atoms with Gasteiger partial charge in [-0.2, -0.15) is 15.2 Å². The number of hydrogen-bond donors (Lipinski definition) is 1. The highest BCUT2D eigenvalue weighted by Gasteiger charge is 2.45. The molecule has 13 nitrogen and oxygen atoms in total. The van der Waals surface area contributed by atoms with Gasteiger partial charge in [0.05, 0.1) is 24.2 Å². The van der Waals surface area contributed by atoms with Crippen LogP contribution in [0.3, 0.4) is 0 Å². The van der Waals surface area contributed by atoms with Gasteiger partial charge in [0.15, 0.2) is 5.82 Å². The molecule has 3 atom stereocenters. The smallest absolute Gasteiger partial charge is 0.412 e. The highest BCUT2D eigenvalue weighted by atomic mass is 32.1. The van der Waals surface area contributed by atoms with Crippen LogP contribution in [0.1, 0.15) is 77.5 Å². The zero-order valence-corrected chi connectivity index (χ0v) is 34.2. The number of carbonyl (C=O) groups is 2. The number of amides is 2. The molecule has 2 amide bonds. The average Bonchev–Trinajstić information content (AvgIpc) is 3.92. The Bertz CT molecular complexity index is 2340. The molecule has 4 aliphatic rings. The third kappa shape index (κ3) is 7.57. The summed E-state index contributed by atoms with van der Waals surface area (Å²) in [5.74, 6) is -1.21. The molecule has 3 fully saturated rings. The Kier molecular flexibility index (Phi) is 10.3. The molecule has 2 aromatic carbocycles. The van der Waals surface area contributed by atoms with Crippen molar-refractivity contribution in [1.82, 2.24) is 19.8 Å². The van der Waals surface area contributed by atoms with Crippen LogP contribution in [0, 0.1) is 23.0 Å². The number of nitriles is 1. The number of thiophene rings is 1.